The SMILES string of the molecule is CC(C)N(CC1CCNCC1)c1ccncn1. The molecule has 0 amide bonds. The summed E-state index contributed by atoms with van der Waals surface area (Å²) >= 11 is 0. The molecule has 94 valence electrons. The topological polar surface area (TPSA) is 41.0 Å². The van der Waals surface area contributed by atoms with Gasteiger partial charge in [-0.15, -0.1) is 0 Å². The van der Waals surface area contributed by atoms with Gasteiger partial charge in [-0.2, -0.15) is 0 Å². The fourth-order valence-electron chi connectivity index (χ4n) is 2.36. The minimum atomic E-state index is 0.486. The lowest BCUT2D eigenvalue weighted by molar-refractivity contribution is 0.367. The maximum Gasteiger partial charge on any atom is 0.132 e. The van der Waals surface area contributed by atoms with Gasteiger partial charge in [0.15, 0.2) is 0 Å². The molecule has 4 heteroatoms. The summed E-state index contributed by atoms with van der Waals surface area (Å²) in [5.74, 6) is 1.84. The molecule has 0 aromatic carbocycles. The summed E-state index contributed by atoms with van der Waals surface area (Å²) in [5.41, 5.74) is 0. The number of piperidine rings is 1. The predicted octanol–water partition coefficient (Wildman–Crippen LogP) is 1.69. The number of hydrogen-bond donors (Lipinski definition) is 1. The highest BCUT2D eigenvalue weighted by molar-refractivity contribution is 5.37. The number of anilines is 1. The van der Waals surface area contributed by atoms with Gasteiger partial charge in [-0.25, -0.2) is 9.97 Å². The molecule has 1 fully saturated rings. The number of rotatable bonds is 4. The van der Waals surface area contributed by atoms with Crippen molar-refractivity contribution in [2.24, 2.45) is 5.92 Å². The van der Waals surface area contributed by atoms with E-state index in [-0.39, 0.29) is 0 Å². The molecule has 0 unspecified atom stereocenters. The van der Waals surface area contributed by atoms with Crippen LogP contribution in [-0.4, -0.2) is 35.6 Å². The molecule has 1 aromatic heterocycles. The van der Waals surface area contributed by atoms with E-state index in [1.807, 2.05) is 12.3 Å². The van der Waals surface area contributed by atoms with E-state index in [0.29, 0.717) is 6.04 Å². The molecule has 4 nitrogen and oxygen atoms in total. The molecule has 0 bridgehead atoms. The van der Waals surface area contributed by atoms with E-state index in [1.54, 1.807) is 6.33 Å². The van der Waals surface area contributed by atoms with Gasteiger partial charge in [0.25, 0.3) is 0 Å². The van der Waals surface area contributed by atoms with Crippen molar-refractivity contribution in [1.29, 1.82) is 0 Å². The lowest BCUT2D eigenvalue weighted by Gasteiger charge is -2.33. The van der Waals surface area contributed by atoms with Crippen molar-refractivity contribution in [3.05, 3.63) is 18.6 Å². The Hall–Kier alpha value is -1.16. The molecule has 1 aromatic rings. The second kappa shape index (κ2) is 5.96. The molecule has 0 saturated carbocycles. The molecule has 1 saturated heterocycles. The molecule has 0 radical (unpaired) electrons. The first-order chi connectivity index (χ1) is 8.27. The zero-order valence-corrected chi connectivity index (χ0v) is 10.8. The van der Waals surface area contributed by atoms with E-state index in [1.165, 1.54) is 12.8 Å². The molecule has 2 heterocycles. The van der Waals surface area contributed by atoms with Crippen LogP contribution in [0.5, 0.6) is 0 Å². The molecule has 0 aliphatic carbocycles. The van der Waals surface area contributed by atoms with Crippen LogP contribution >= 0.6 is 0 Å². The number of nitrogens with one attached hydrogen (secondary N) is 1. The average molecular weight is 234 g/mol. The summed E-state index contributed by atoms with van der Waals surface area (Å²) in [5, 5.41) is 3.41. The highest BCUT2D eigenvalue weighted by Gasteiger charge is 2.19. The number of aromatic nitrogens is 2. The Morgan fingerprint density at radius 1 is 1.41 bits per heavy atom. The van der Waals surface area contributed by atoms with Crippen LogP contribution in [0.4, 0.5) is 5.82 Å². The number of nitrogens with zero attached hydrogens (tertiary/aromatic N) is 3. The highest BCUT2D eigenvalue weighted by Crippen LogP contribution is 2.19. The third-order valence-corrected chi connectivity index (χ3v) is 3.40. The van der Waals surface area contributed by atoms with Crippen LogP contribution in [-0.2, 0) is 0 Å². The second-order valence-corrected chi connectivity index (χ2v) is 5.01. The predicted molar refractivity (Wildman–Crippen MR) is 70.1 cm³/mol. The zero-order chi connectivity index (χ0) is 12.1. The summed E-state index contributed by atoms with van der Waals surface area (Å²) < 4.78 is 0. The Kier molecular flexibility index (Phi) is 4.31. The second-order valence-electron chi connectivity index (χ2n) is 5.01. The third-order valence-electron chi connectivity index (χ3n) is 3.40. The lowest BCUT2D eigenvalue weighted by Crippen LogP contribution is -2.40. The molecule has 1 N–H and O–H groups in total. The molecule has 1 aliphatic heterocycles. The Balaban J connectivity index is 2.02. The van der Waals surface area contributed by atoms with Gasteiger partial charge in [-0.1, -0.05) is 0 Å². The fraction of sp³-hybridized carbons (Fsp3) is 0.692. The summed E-state index contributed by atoms with van der Waals surface area (Å²) in [4.78, 5) is 10.7. The first-order valence-electron chi connectivity index (χ1n) is 6.50. The summed E-state index contributed by atoms with van der Waals surface area (Å²) in [7, 11) is 0. The maximum absolute atomic E-state index is 4.37. The average Bonchev–Trinajstić information content (AvgIpc) is 2.38. The van der Waals surface area contributed by atoms with Crippen molar-refractivity contribution in [3.63, 3.8) is 0 Å². The largest absolute Gasteiger partial charge is 0.354 e. The van der Waals surface area contributed by atoms with E-state index in [2.05, 4.69) is 34.0 Å². The van der Waals surface area contributed by atoms with Crippen molar-refractivity contribution in [1.82, 2.24) is 15.3 Å². The highest BCUT2D eigenvalue weighted by atomic mass is 15.2. The quantitative estimate of drug-likeness (QED) is 0.861. The van der Waals surface area contributed by atoms with Crippen molar-refractivity contribution in [2.75, 3.05) is 24.5 Å². The van der Waals surface area contributed by atoms with Crippen LogP contribution in [0.2, 0.25) is 0 Å². The minimum absolute atomic E-state index is 0.486. The summed E-state index contributed by atoms with van der Waals surface area (Å²) in [6.45, 7) is 7.86. The van der Waals surface area contributed by atoms with Crippen LogP contribution in [0.15, 0.2) is 18.6 Å². The van der Waals surface area contributed by atoms with Gasteiger partial charge in [0.05, 0.1) is 0 Å². The van der Waals surface area contributed by atoms with Gasteiger partial charge < -0.3 is 10.2 Å². The zero-order valence-electron chi connectivity index (χ0n) is 10.8. The molecule has 1 aliphatic rings. The Labute approximate surface area is 103 Å². The van der Waals surface area contributed by atoms with E-state index in [0.717, 1.165) is 31.4 Å². The monoisotopic (exact) mass is 234 g/mol. The van der Waals surface area contributed by atoms with E-state index in [9.17, 15) is 0 Å². The summed E-state index contributed by atoms with van der Waals surface area (Å²) in [6.07, 6.45) is 6.00. The van der Waals surface area contributed by atoms with Crippen molar-refractivity contribution >= 4 is 5.82 Å². The fourth-order valence-corrected chi connectivity index (χ4v) is 2.36. The van der Waals surface area contributed by atoms with Crippen LogP contribution < -0.4 is 10.2 Å². The van der Waals surface area contributed by atoms with E-state index >= 15 is 0 Å². The molecule has 17 heavy (non-hydrogen) atoms. The van der Waals surface area contributed by atoms with E-state index in [4.69, 9.17) is 0 Å². The van der Waals surface area contributed by atoms with Crippen molar-refractivity contribution in [3.8, 4) is 0 Å². The van der Waals surface area contributed by atoms with Crippen LogP contribution in [0.25, 0.3) is 0 Å². The van der Waals surface area contributed by atoms with Gasteiger partial charge in [-0.3, -0.25) is 0 Å². The van der Waals surface area contributed by atoms with Crippen LogP contribution in [0, 0.1) is 5.92 Å². The molecule has 2 rings (SSSR count). The third kappa shape index (κ3) is 3.40. The van der Waals surface area contributed by atoms with Crippen molar-refractivity contribution < 1.29 is 0 Å². The van der Waals surface area contributed by atoms with Gasteiger partial charge in [-0.05, 0) is 51.8 Å². The van der Waals surface area contributed by atoms with Gasteiger partial charge >= 0.3 is 0 Å². The Morgan fingerprint density at radius 3 is 2.76 bits per heavy atom. The molecule has 0 spiro atoms. The smallest absolute Gasteiger partial charge is 0.132 e. The Morgan fingerprint density at radius 2 is 2.18 bits per heavy atom. The molecular weight excluding hydrogens is 212 g/mol. The normalized spacial score (nSPS) is 17.4. The van der Waals surface area contributed by atoms with Crippen LogP contribution in [0.1, 0.15) is 26.7 Å². The first-order valence-corrected chi connectivity index (χ1v) is 6.50. The standard InChI is InChI=1S/C13H22N4/c1-11(2)17(13-5-8-15-10-16-13)9-12-3-6-14-7-4-12/h5,8,10-12,14H,3-4,6-7,9H2,1-2H3. The lowest BCUT2D eigenvalue weighted by atomic mass is 9.97. The van der Waals surface area contributed by atoms with Gasteiger partial charge in [0.1, 0.15) is 12.1 Å². The van der Waals surface area contributed by atoms with E-state index < -0.39 is 0 Å². The number of hydrogen-bond acceptors (Lipinski definition) is 4. The van der Waals surface area contributed by atoms with Crippen molar-refractivity contribution in [2.45, 2.75) is 32.7 Å². The maximum atomic E-state index is 4.37. The minimum Gasteiger partial charge on any atom is -0.354 e. The van der Waals surface area contributed by atoms with Crippen LogP contribution in [0.3, 0.4) is 0 Å². The van der Waals surface area contributed by atoms with Gasteiger partial charge in [0, 0.05) is 18.8 Å². The van der Waals surface area contributed by atoms with Gasteiger partial charge in [0.2, 0.25) is 0 Å². The Bertz CT molecular complexity index is 319. The molecule has 0 atom stereocenters. The molecular formula is C13H22N4. The summed E-state index contributed by atoms with van der Waals surface area (Å²) in [6, 6.07) is 2.49. The first kappa shape index (κ1) is 12.3.